The van der Waals surface area contributed by atoms with Crippen LogP contribution in [0.15, 0.2) is 42.5 Å². The van der Waals surface area contributed by atoms with E-state index in [1.165, 1.54) is 0 Å². The molecule has 0 unspecified atom stereocenters. The van der Waals surface area contributed by atoms with Gasteiger partial charge in [-0.15, -0.1) is 0 Å². The zero-order valence-corrected chi connectivity index (χ0v) is 16.7. The Morgan fingerprint density at radius 1 is 1.19 bits per heavy atom. The summed E-state index contributed by atoms with van der Waals surface area (Å²) in [6, 6.07) is 13.1. The third kappa shape index (κ3) is 5.36. The van der Waals surface area contributed by atoms with Crippen molar-refractivity contribution < 1.29 is 9.53 Å². The van der Waals surface area contributed by atoms with Gasteiger partial charge in [-0.25, -0.2) is 0 Å². The van der Waals surface area contributed by atoms with Gasteiger partial charge in [-0.2, -0.15) is 0 Å². The van der Waals surface area contributed by atoms with Gasteiger partial charge >= 0.3 is 0 Å². The van der Waals surface area contributed by atoms with Crippen molar-refractivity contribution in [2.45, 2.75) is 13.0 Å². The maximum absolute atomic E-state index is 12.5. The first kappa shape index (κ1) is 20.0. The number of anilines is 2. The Morgan fingerprint density at radius 2 is 1.93 bits per heavy atom. The van der Waals surface area contributed by atoms with Crippen molar-refractivity contribution >= 4 is 40.5 Å². The van der Waals surface area contributed by atoms with Crippen LogP contribution < -0.4 is 15.5 Å². The van der Waals surface area contributed by atoms with E-state index in [1.54, 1.807) is 12.1 Å². The number of amides is 1. The molecule has 144 valence electrons. The van der Waals surface area contributed by atoms with Gasteiger partial charge in [0.15, 0.2) is 0 Å². The fourth-order valence-corrected chi connectivity index (χ4v) is 3.63. The topological polar surface area (TPSA) is 53.6 Å². The Kier molecular flexibility index (Phi) is 6.96. The van der Waals surface area contributed by atoms with Gasteiger partial charge in [-0.3, -0.25) is 4.79 Å². The van der Waals surface area contributed by atoms with Crippen molar-refractivity contribution in [1.29, 1.82) is 0 Å². The van der Waals surface area contributed by atoms with Crippen LogP contribution in [0.25, 0.3) is 0 Å². The van der Waals surface area contributed by atoms with E-state index in [0.717, 1.165) is 30.0 Å². The number of ether oxygens (including phenoxy) is 1. The number of hydrogen-bond donors (Lipinski definition) is 2. The first-order chi connectivity index (χ1) is 13.0. The second-order valence-electron chi connectivity index (χ2n) is 6.43. The molecule has 1 aliphatic heterocycles. The van der Waals surface area contributed by atoms with Crippen LogP contribution in [0.5, 0.6) is 0 Å². The van der Waals surface area contributed by atoms with Crippen molar-refractivity contribution in [3.05, 3.63) is 58.1 Å². The van der Waals surface area contributed by atoms with Crippen LogP contribution in [0.2, 0.25) is 10.0 Å². The lowest BCUT2D eigenvalue weighted by Gasteiger charge is -2.30. The van der Waals surface area contributed by atoms with Crippen molar-refractivity contribution in [2.24, 2.45) is 0 Å². The lowest BCUT2D eigenvalue weighted by Crippen LogP contribution is -2.37. The first-order valence-corrected chi connectivity index (χ1v) is 9.70. The summed E-state index contributed by atoms with van der Waals surface area (Å²) in [7, 11) is 0. The summed E-state index contributed by atoms with van der Waals surface area (Å²) >= 11 is 12.2. The zero-order valence-electron chi connectivity index (χ0n) is 15.2. The molecular weight excluding hydrogens is 385 g/mol. The summed E-state index contributed by atoms with van der Waals surface area (Å²) in [6.45, 7) is 5.17. The SMILES string of the molecule is C[C@@H](NCC(=O)Nc1ccccc1N1CCOCC1)c1ccc(Cl)cc1Cl. The number of carbonyl (C=O) groups excluding carboxylic acids is 1. The molecule has 0 saturated carbocycles. The molecule has 27 heavy (non-hydrogen) atoms. The molecule has 1 fully saturated rings. The van der Waals surface area contributed by atoms with E-state index in [2.05, 4.69) is 15.5 Å². The number of nitrogens with zero attached hydrogens (tertiary/aromatic N) is 1. The Bertz CT molecular complexity index is 795. The first-order valence-electron chi connectivity index (χ1n) is 8.94. The molecule has 1 aliphatic rings. The van der Waals surface area contributed by atoms with E-state index in [-0.39, 0.29) is 18.5 Å². The normalized spacial score (nSPS) is 15.4. The molecular formula is C20H23Cl2N3O2. The molecule has 7 heteroatoms. The Morgan fingerprint density at radius 3 is 2.67 bits per heavy atom. The quantitative estimate of drug-likeness (QED) is 0.755. The average molecular weight is 408 g/mol. The highest BCUT2D eigenvalue weighted by molar-refractivity contribution is 6.35. The summed E-state index contributed by atoms with van der Waals surface area (Å²) in [5.74, 6) is -0.104. The highest BCUT2D eigenvalue weighted by Gasteiger charge is 2.16. The predicted molar refractivity (Wildman–Crippen MR) is 111 cm³/mol. The highest BCUT2D eigenvalue weighted by Crippen LogP contribution is 2.27. The van der Waals surface area contributed by atoms with E-state index in [9.17, 15) is 4.79 Å². The van der Waals surface area contributed by atoms with Crippen molar-refractivity contribution in [1.82, 2.24) is 5.32 Å². The number of nitrogens with one attached hydrogen (secondary N) is 2. The molecule has 0 aromatic heterocycles. The minimum atomic E-state index is -0.104. The van der Waals surface area contributed by atoms with E-state index in [4.69, 9.17) is 27.9 Å². The van der Waals surface area contributed by atoms with Gasteiger partial charge in [-0.1, -0.05) is 41.4 Å². The fraction of sp³-hybridized carbons (Fsp3) is 0.350. The van der Waals surface area contributed by atoms with Crippen LogP contribution in [-0.4, -0.2) is 38.8 Å². The van der Waals surface area contributed by atoms with Crippen molar-refractivity contribution in [3.8, 4) is 0 Å². The van der Waals surface area contributed by atoms with E-state index in [0.29, 0.717) is 23.3 Å². The molecule has 2 N–H and O–H groups in total. The second-order valence-corrected chi connectivity index (χ2v) is 7.28. The number of para-hydroxylation sites is 2. The maximum atomic E-state index is 12.5. The van der Waals surface area contributed by atoms with E-state index >= 15 is 0 Å². The highest BCUT2D eigenvalue weighted by atomic mass is 35.5. The number of rotatable bonds is 6. The lowest BCUT2D eigenvalue weighted by molar-refractivity contribution is -0.115. The number of halogens is 2. The van der Waals surface area contributed by atoms with Crippen LogP contribution in [0.1, 0.15) is 18.5 Å². The van der Waals surface area contributed by atoms with Crippen LogP contribution >= 0.6 is 23.2 Å². The van der Waals surface area contributed by atoms with Crippen LogP contribution in [0.4, 0.5) is 11.4 Å². The molecule has 2 aromatic rings. The molecule has 1 atom stereocenters. The summed E-state index contributed by atoms with van der Waals surface area (Å²) in [5, 5.41) is 7.38. The Hall–Kier alpha value is -1.79. The molecule has 0 spiro atoms. The predicted octanol–water partition coefficient (Wildman–Crippen LogP) is 4.12. The minimum Gasteiger partial charge on any atom is -0.378 e. The van der Waals surface area contributed by atoms with Crippen molar-refractivity contribution in [2.75, 3.05) is 43.1 Å². The summed E-state index contributed by atoms with van der Waals surface area (Å²) in [6.07, 6.45) is 0. The Balaban J connectivity index is 1.59. The lowest BCUT2D eigenvalue weighted by atomic mass is 10.1. The van der Waals surface area contributed by atoms with Crippen molar-refractivity contribution in [3.63, 3.8) is 0 Å². The summed E-state index contributed by atoms with van der Waals surface area (Å²) in [4.78, 5) is 14.7. The molecule has 5 nitrogen and oxygen atoms in total. The average Bonchev–Trinajstić information content (AvgIpc) is 2.67. The van der Waals surface area contributed by atoms with Gasteiger partial charge in [0.05, 0.1) is 31.1 Å². The fourth-order valence-electron chi connectivity index (χ4n) is 3.06. The largest absolute Gasteiger partial charge is 0.378 e. The number of benzene rings is 2. The smallest absolute Gasteiger partial charge is 0.238 e. The zero-order chi connectivity index (χ0) is 19.2. The molecule has 2 aromatic carbocycles. The van der Waals surface area contributed by atoms with Gasteiger partial charge in [-0.05, 0) is 36.8 Å². The summed E-state index contributed by atoms with van der Waals surface area (Å²) in [5.41, 5.74) is 2.73. The molecule has 1 heterocycles. The maximum Gasteiger partial charge on any atom is 0.238 e. The van der Waals surface area contributed by atoms with Crippen LogP contribution in [0, 0.1) is 0 Å². The molecule has 1 amide bonds. The number of morpholine rings is 1. The number of carbonyl (C=O) groups is 1. The van der Waals surface area contributed by atoms with Gasteiger partial charge in [0.1, 0.15) is 0 Å². The van der Waals surface area contributed by atoms with Gasteiger partial charge in [0.25, 0.3) is 0 Å². The van der Waals surface area contributed by atoms with E-state index < -0.39 is 0 Å². The molecule has 3 rings (SSSR count). The molecule has 1 saturated heterocycles. The Labute approximate surface area is 169 Å². The molecule has 0 radical (unpaired) electrons. The molecule has 0 aliphatic carbocycles. The minimum absolute atomic E-state index is 0.0741. The monoisotopic (exact) mass is 407 g/mol. The molecule has 0 bridgehead atoms. The third-order valence-electron chi connectivity index (χ3n) is 4.53. The van der Waals surface area contributed by atoms with Gasteiger partial charge in [0, 0.05) is 29.2 Å². The van der Waals surface area contributed by atoms with Crippen LogP contribution in [0.3, 0.4) is 0 Å². The summed E-state index contributed by atoms with van der Waals surface area (Å²) < 4.78 is 5.41. The number of hydrogen-bond acceptors (Lipinski definition) is 4. The third-order valence-corrected chi connectivity index (χ3v) is 5.09. The van der Waals surface area contributed by atoms with Gasteiger partial charge in [0.2, 0.25) is 5.91 Å². The van der Waals surface area contributed by atoms with Crippen LogP contribution in [-0.2, 0) is 9.53 Å². The second kappa shape index (κ2) is 9.42. The van der Waals surface area contributed by atoms with Gasteiger partial charge < -0.3 is 20.3 Å². The van der Waals surface area contributed by atoms with E-state index in [1.807, 2.05) is 37.3 Å². The standard InChI is InChI=1S/C20H23Cl2N3O2/c1-14(16-7-6-15(21)12-17(16)22)23-13-20(26)24-18-4-2-3-5-19(18)25-8-10-27-11-9-25/h2-7,12,14,23H,8-11,13H2,1H3,(H,24,26)/t14-/m1/s1.